The highest BCUT2D eigenvalue weighted by molar-refractivity contribution is 5.97. The van der Waals surface area contributed by atoms with Crippen LogP contribution in [0.1, 0.15) is 37.0 Å². The molecular weight excluding hydrogens is 334 g/mol. The molecule has 0 aliphatic carbocycles. The zero-order valence-corrected chi connectivity index (χ0v) is 15.3. The Hall–Kier alpha value is -1.96. The van der Waals surface area contributed by atoms with E-state index < -0.39 is 6.10 Å². The molecule has 3 rings (SSSR count). The van der Waals surface area contributed by atoms with Crippen LogP contribution in [0.3, 0.4) is 0 Å². The fraction of sp³-hybridized carbons (Fsp3) is 0.579. The third kappa shape index (κ3) is 4.41. The number of carbonyl (C=O) groups is 2. The van der Waals surface area contributed by atoms with Gasteiger partial charge in [-0.1, -0.05) is 0 Å². The summed E-state index contributed by atoms with van der Waals surface area (Å²) in [5.41, 5.74) is 6.82. The molecule has 3 N–H and O–H groups in total. The fourth-order valence-corrected chi connectivity index (χ4v) is 3.52. The number of nitrogens with one attached hydrogen (secondary N) is 1. The third-order valence-electron chi connectivity index (χ3n) is 4.77. The number of hydrogen-bond acceptors (Lipinski definition) is 5. The van der Waals surface area contributed by atoms with Gasteiger partial charge in [0.25, 0.3) is 11.8 Å². The number of rotatable bonds is 4. The number of amides is 2. The van der Waals surface area contributed by atoms with Crippen LogP contribution in [0, 0.1) is 0 Å². The molecule has 0 saturated carbocycles. The minimum Gasteiger partial charge on any atom is -0.372 e. The van der Waals surface area contributed by atoms with E-state index in [1.165, 1.54) is 0 Å². The molecule has 2 heterocycles. The molecule has 0 bridgehead atoms. The second-order valence-electron chi connectivity index (χ2n) is 7.09. The first-order chi connectivity index (χ1) is 12.5. The summed E-state index contributed by atoms with van der Waals surface area (Å²) in [7, 11) is 0. The van der Waals surface area contributed by atoms with Crippen LogP contribution in [0.2, 0.25) is 0 Å². The zero-order valence-electron chi connectivity index (χ0n) is 15.3. The van der Waals surface area contributed by atoms with Crippen LogP contribution in [-0.4, -0.2) is 60.8 Å². The van der Waals surface area contributed by atoms with Crippen molar-refractivity contribution in [2.45, 2.75) is 51.1 Å². The SMILES string of the molecule is CC1CN(C(=O)c2ccc(NC(=O)[C@@H]3CC[C@H](CN)O3)cc2)CC(C)O1. The van der Waals surface area contributed by atoms with Gasteiger partial charge in [-0.05, 0) is 51.0 Å². The summed E-state index contributed by atoms with van der Waals surface area (Å²) in [6.45, 7) is 5.54. The van der Waals surface area contributed by atoms with Gasteiger partial charge in [0.05, 0.1) is 18.3 Å². The normalized spacial score (nSPS) is 28.8. The van der Waals surface area contributed by atoms with Gasteiger partial charge in [-0.25, -0.2) is 0 Å². The summed E-state index contributed by atoms with van der Waals surface area (Å²) < 4.78 is 11.3. The molecule has 2 aliphatic heterocycles. The Morgan fingerprint density at radius 3 is 2.35 bits per heavy atom. The van der Waals surface area contributed by atoms with Crippen LogP contribution in [0.25, 0.3) is 0 Å². The summed E-state index contributed by atoms with van der Waals surface area (Å²) in [4.78, 5) is 26.7. The molecular formula is C19H27N3O4. The van der Waals surface area contributed by atoms with Gasteiger partial charge in [-0.2, -0.15) is 0 Å². The fourth-order valence-electron chi connectivity index (χ4n) is 3.52. The van der Waals surface area contributed by atoms with Crippen LogP contribution in [0.15, 0.2) is 24.3 Å². The van der Waals surface area contributed by atoms with Crippen molar-refractivity contribution in [3.05, 3.63) is 29.8 Å². The zero-order chi connectivity index (χ0) is 18.7. The summed E-state index contributed by atoms with van der Waals surface area (Å²) in [6, 6.07) is 6.96. The first-order valence-corrected chi connectivity index (χ1v) is 9.17. The number of anilines is 1. The van der Waals surface area contributed by atoms with Crippen LogP contribution in [-0.2, 0) is 14.3 Å². The van der Waals surface area contributed by atoms with Crippen molar-refractivity contribution < 1.29 is 19.1 Å². The largest absolute Gasteiger partial charge is 0.372 e. The highest BCUT2D eigenvalue weighted by atomic mass is 16.5. The number of morpholine rings is 1. The van der Waals surface area contributed by atoms with Gasteiger partial charge < -0.3 is 25.4 Å². The lowest BCUT2D eigenvalue weighted by Crippen LogP contribution is -2.48. The Kier molecular flexibility index (Phi) is 5.90. The molecule has 2 saturated heterocycles. The van der Waals surface area contributed by atoms with Crippen molar-refractivity contribution in [2.24, 2.45) is 5.73 Å². The van der Waals surface area contributed by atoms with Crippen molar-refractivity contribution in [3.8, 4) is 0 Å². The first-order valence-electron chi connectivity index (χ1n) is 9.17. The highest BCUT2D eigenvalue weighted by Gasteiger charge is 2.30. The van der Waals surface area contributed by atoms with Crippen LogP contribution >= 0.6 is 0 Å². The Labute approximate surface area is 153 Å². The molecule has 2 aliphatic rings. The predicted octanol–water partition coefficient (Wildman–Crippen LogP) is 1.38. The van der Waals surface area contributed by atoms with E-state index in [2.05, 4.69) is 5.32 Å². The molecule has 7 nitrogen and oxygen atoms in total. The van der Waals surface area contributed by atoms with E-state index in [1.807, 2.05) is 18.7 Å². The number of nitrogens with two attached hydrogens (primary N) is 1. The summed E-state index contributed by atoms with van der Waals surface area (Å²) in [5, 5.41) is 2.84. The van der Waals surface area contributed by atoms with Crippen molar-refractivity contribution >= 4 is 17.5 Å². The molecule has 26 heavy (non-hydrogen) atoms. The molecule has 0 spiro atoms. The van der Waals surface area contributed by atoms with Crippen molar-refractivity contribution in [1.29, 1.82) is 0 Å². The van der Waals surface area contributed by atoms with E-state index in [0.29, 0.717) is 37.3 Å². The van der Waals surface area contributed by atoms with Gasteiger partial charge in [-0.15, -0.1) is 0 Å². The Morgan fingerprint density at radius 1 is 1.12 bits per heavy atom. The maximum Gasteiger partial charge on any atom is 0.254 e. The number of nitrogens with zero attached hydrogens (tertiary/aromatic N) is 1. The topological polar surface area (TPSA) is 93.9 Å². The molecule has 0 aromatic heterocycles. The molecule has 1 aromatic rings. The molecule has 142 valence electrons. The number of hydrogen-bond donors (Lipinski definition) is 2. The predicted molar refractivity (Wildman–Crippen MR) is 97.9 cm³/mol. The van der Waals surface area contributed by atoms with Gasteiger partial charge in [0.2, 0.25) is 0 Å². The van der Waals surface area contributed by atoms with E-state index in [9.17, 15) is 9.59 Å². The smallest absolute Gasteiger partial charge is 0.254 e. The van der Waals surface area contributed by atoms with Gasteiger partial charge in [-0.3, -0.25) is 9.59 Å². The second-order valence-corrected chi connectivity index (χ2v) is 7.09. The van der Waals surface area contributed by atoms with E-state index in [0.717, 1.165) is 6.42 Å². The second kappa shape index (κ2) is 8.16. The molecule has 1 aromatic carbocycles. The average molecular weight is 361 g/mol. The average Bonchev–Trinajstić information content (AvgIpc) is 3.10. The Bertz CT molecular complexity index is 639. The van der Waals surface area contributed by atoms with Crippen molar-refractivity contribution in [1.82, 2.24) is 4.90 Å². The van der Waals surface area contributed by atoms with Crippen LogP contribution in [0.4, 0.5) is 5.69 Å². The van der Waals surface area contributed by atoms with Crippen LogP contribution in [0.5, 0.6) is 0 Å². The molecule has 0 radical (unpaired) electrons. The summed E-state index contributed by atoms with van der Waals surface area (Å²) in [6.07, 6.45) is 1.05. The summed E-state index contributed by atoms with van der Waals surface area (Å²) in [5.74, 6) is -0.189. The maximum absolute atomic E-state index is 12.7. The monoisotopic (exact) mass is 361 g/mol. The van der Waals surface area contributed by atoms with Gasteiger partial charge >= 0.3 is 0 Å². The number of benzene rings is 1. The maximum atomic E-state index is 12.7. The lowest BCUT2D eigenvalue weighted by Gasteiger charge is -2.35. The lowest BCUT2D eigenvalue weighted by molar-refractivity contribution is -0.126. The molecule has 2 unspecified atom stereocenters. The molecule has 2 amide bonds. The number of ether oxygens (including phenoxy) is 2. The summed E-state index contributed by atoms with van der Waals surface area (Å²) >= 11 is 0. The standard InChI is InChI=1S/C19H27N3O4/c1-12-10-22(11-13(2)25-12)19(24)14-3-5-15(6-4-14)21-18(23)17-8-7-16(9-20)26-17/h3-6,12-13,16-17H,7-11,20H2,1-2H3,(H,21,23)/t12?,13?,16-,17+/m1/s1. The van der Waals surface area contributed by atoms with E-state index in [1.54, 1.807) is 24.3 Å². The van der Waals surface area contributed by atoms with Crippen molar-refractivity contribution in [3.63, 3.8) is 0 Å². The molecule has 4 atom stereocenters. The molecule has 2 fully saturated rings. The number of carbonyl (C=O) groups excluding carboxylic acids is 2. The Morgan fingerprint density at radius 2 is 1.77 bits per heavy atom. The van der Waals surface area contributed by atoms with Crippen LogP contribution < -0.4 is 11.1 Å². The first kappa shape index (κ1) is 18.8. The third-order valence-corrected chi connectivity index (χ3v) is 4.77. The van der Waals surface area contributed by atoms with E-state index >= 15 is 0 Å². The van der Waals surface area contributed by atoms with Gasteiger partial charge in [0, 0.05) is 30.9 Å². The van der Waals surface area contributed by atoms with Gasteiger partial charge in [0.15, 0.2) is 0 Å². The van der Waals surface area contributed by atoms with Gasteiger partial charge in [0.1, 0.15) is 6.10 Å². The van der Waals surface area contributed by atoms with E-state index in [-0.39, 0.29) is 30.1 Å². The molecule has 7 heteroatoms. The highest BCUT2D eigenvalue weighted by Crippen LogP contribution is 2.21. The van der Waals surface area contributed by atoms with Crippen molar-refractivity contribution in [2.75, 3.05) is 25.0 Å². The minimum atomic E-state index is -0.457. The minimum absolute atomic E-state index is 0.0187. The lowest BCUT2D eigenvalue weighted by atomic mass is 10.1. The quantitative estimate of drug-likeness (QED) is 0.845. The Balaban J connectivity index is 1.58. The van der Waals surface area contributed by atoms with E-state index in [4.69, 9.17) is 15.2 Å².